The monoisotopic (exact) mass is 260 g/mol. The van der Waals surface area contributed by atoms with Gasteiger partial charge in [0.1, 0.15) is 0 Å². The molecule has 0 amide bonds. The van der Waals surface area contributed by atoms with Gasteiger partial charge in [-0.05, 0) is 12.1 Å². The molecule has 1 aromatic carbocycles. The Balaban J connectivity index is 3.33. The average Bonchev–Trinajstić information content (AvgIpc) is 2.14. The summed E-state index contributed by atoms with van der Waals surface area (Å²) in [6.45, 7) is 3.41. The number of benzene rings is 1. The summed E-state index contributed by atoms with van der Waals surface area (Å²) in [4.78, 5) is 10.8. The van der Waals surface area contributed by atoms with E-state index >= 15 is 0 Å². The van der Waals surface area contributed by atoms with Crippen molar-refractivity contribution < 1.29 is 19.0 Å². The zero-order chi connectivity index (χ0) is 13.2. The Bertz CT molecular complexity index is 444. The van der Waals surface area contributed by atoms with Crippen molar-refractivity contribution in [2.45, 2.75) is 25.7 Å². The molecule has 17 heavy (non-hydrogen) atoms. The van der Waals surface area contributed by atoms with Gasteiger partial charge >= 0.3 is 5.97 Å². The summed E-state index contributed by atoms with van der Waals surface area (Å²) < 4.78 is 18.6. The number of hydrogen-bond donors (Lipinski definition) is 1. The largest absolute Gasteiger partial charge is 0.493 e. The second-order valence-electron chi connectivity index (χ2n) is 4.42. The molecule has 0 atom stereocenters. The number of hydrogen-bond acceptors (Lipinski definition) is 2. The predicted molar refractivity (Wildman–Crippen MR) is 63.2 cm³/mol. The van der Waals surface area contributed by atoms with Crippen LogP contribution in [0.4, 0.5) is 4.39 Å². The molecule has 1 N–H and O–H groups in total. The van der Waals surface area contributed by atoms with Gasteiger partial charge in [0.2, 0.25) is 0 Å². The van der Waals surface area contributed by atoms with Crippen molar-refractivity contribution in [3.8, 4) is 5.75 Å². The van der Waals surface area contributed by atoms with Crippen molar-refractivity contribution in [2.75, 3.05) is 7.11 Å². The fourth-order valence-corrected chi connectivity index (χ4v) is 1.95. The van der Waals surface area contributed by atoms with Crippen molar-refractivity contribution >= 4 is 17.6 Å². The van der Waals surface area contributed by atoms with Crippen molar-refractivity contribution in [2.24, 2.45) is 0 Å². The molecule has 94 valence electrons. The molecule has 0 unspecified atom stereocenters. The molecule has 0 bridgehead atoms. The Morgan fingerprint density at radius 1 is 1.53 bits per heavy atom. The summed E-state index contributed by atoms with van der Waals surface area (Å²) in [6.07, 6.45) is -0.136. The molecular weight excluding hydrogens is 247 g/mol. The van der Waals surface area contributed by atoms with Crippen molar-refractivity contribution in [1.82, 2.24) is 0 Å². The number of carbonyl (C=O) groups is 1. The highest BCUT2D eigenvalue weighted by atomic mass is 35.5. The molecule has 0 aliphatic heterocycles. The van der Waals surface area contributed by atoms with Gasteiger partial charge in [0.05, 0.1) is 13.5 Å². The van der Waals surface area contributed by atoms with E-state index in [1.165, 1.54) is 13.2 Å². The number of methoxy groups -OCH3 is 1. The number of halogens is 2. The first-order valence-corrected chi connectivity index (χ1v) is 5.41. The Morgan fingerprint density at radius 3 is 2.59 bits per heavy atom. The predicted octanol–water partition coefficient (Wildman–Crippen LogP) is 3.24. The summed E-state index contributed by atoms with van der Waals surface area (Å²) in [5.41, 5.74) is -0.310. The van der Waals surface area contributed by atoms with Crippen LogP contribution in [0.5, 0.6) is 5.75 Å². The summed E-state index contributed by atoms with van der Waals surface area (Å²) in [5, 5.41) is 9.06. The van der Waals surface area contributed by atoms with Crippen LogP contribution in [0.25, 0.3) is 0 Å². The minimum Gasteiger partial charge on any atom is -0.493 e. The van der Waals surface area contributed by atoms with Gasteiger partial charge in [0, 0.05) is 16.0 Å². The molecule has 0 fully saturated rings. The molecule has 0 aliphatic carbocycles. The number of rotatable bonds is 4. The fraction of sp³-hybridized carbons (Fsp3) is 0.417. The number of carboxylic acid groups (broad SMARTS) is 1. The molecule has 0 aromatic heterocycles. The first kappa shape index (κ1) is 13.8. The maximum absolute atomic E-state index is 13.6. The third kappa shape index (κ3) is 3.09. The molecule has 0 radical (unpaired) electrons. The summed E-state index contributed by atoms with van der Waals surface area (Å²) in [7, 11) is 1.34. The van der Waals surface area contributed by atoms with Gasteiger partial charge in [0.15, 0.2) is 11.6 Å². The molecule has 0 saturated carbocycles. The lowest BCUT2D eigenvalue weighted by molar-refractivity contribution is -0.138. The SMILES string of the molecule is COc1c(F)cc(Cl)cc1C(C)(C)CC(=O)O. The molecule has 3 nitrogen and oxygen atoms in total. The van der Waals surface area contributed by atoms with Crippen molar-refractivity contribution in [3.05, 3.63) is 28.5 Å². The van der Waals surface area contributed by atoms with Crippen LogP contribution in [-0.4, -0.2) is 18.2 Å². The number of carboxylic acids is 1. The Kier molecular flexibility index (Phi) is 3.98. The van der Waals surface area contributed by atoms with Crippen molar-refractivity contribution in [1.29, 1.82) is 0 Å². The maximum Gasteiger partial charge on any atom is 0.304 e. The van der Waals surface area contributed by atoms with Crippen LogP contribution in [0, 0.1) is 5.82 Å². The van der Waals surface area contributed by atoms with Crippen LogP contribution < -0.4 is 4.74 Å². The highest BCUT2D eigenvalue weighted by molar-refractivity contribution is 6.30. The van der Waals surface area contributed by atoms with E-state index in [4.69, 9.17) is 21.4 Å². The van der Waals surface area contributed by atoms with E-state index in [0.717, 1.165) is 6.07 Å². The van der Waals surface area contributed by atoms with Crippen LogP contribution >= 0.6 is 11.6 Å². The Labute approximate surface area is 104 Å². The van der Waals surface area contributed by atoms with Crippen LogP contribution in [0.1, 0.15) is 25.8 Å². The van der Waals surface area contributed by atoms with Gasteiger partial charge in [-0.1, -0.05) is 25.4 Å². The van der Waals surface area contributed by atoms with Gasteiger partial charge in [0.25, 0.3) is 0 Å². The fourth-order valence-electron chi connectivity index (χ4n) is 1.74. The van der Waals surface area contributed by atoms with Crippen LogP contribution in [-0.2, 0) is 10.2 Å². The second-order valence-corrected chi connectivity index (χ2v) is 4.86. The second kappa shape index (κ2) is 4.92. The average molecular weight is 261 g/mol. The summed E-state index contributed by atoms with van der Waals surface area (Å²) in [6, 6.07) is 2.67. The summed E-state index contributed by atoms with van der Waals surface area (Å²) >= 11 is 5.78. The van der Waals surface area contributed by atoms with Gasteiger partial charge in [-0.15, -0.1) is 0 Å². The van der Waals surface area contributed by atoms with Crippen LogP contribution in [0.3, 0.4) is 0 Å². The zero-order valence-electron chi connectivity index (χ0n) is 9.88. The molecule has 0 aliphatic rings. The minimum absolute atomic E-state index is 0.0423. The lowest BCUT2D eigenvalue weighted by atomic mass is 9.81. The van der Waals surface area contributed by atoms with Gasteiger partial charge in [-0.3, -0.25) is 4.79 Å². The maximum atomic E-state index is 13.6. The third-order valence-electron chi connectivity index (χ3n) is 2.53. The molecular formula is C12H14ClFO3. The molecule has 0 spiro atoms. The summed E-state index contributed by atoms with van der Waals surface area (Å²) in [5.74, 6) is -1.51. The van der Waals surface area contributed by atoms with Gasteiger partial charge < -0.3 is 9.84 Å². The lowest BCUT2D eigenvalue weighted by Crippen LogP contribution is -2.23. The minimum atomic E-state index is -0.961. The van der Waals surface area contributed by atoms with E-state index in [2.05, 4.69) is 0 Å². The number of ether oxygens (including phenoxy) is 1. The number of aliphatic carboxylic acids is 1. The highest BCUT2D eigenvalue weighted by Crippen LogP contribution is 2.37. The smallest absolute Gasteiger partial charge is 0.304 e. The van der Waals surface area contributed by atoms with E-state index in [-0.39, 0.29) is 17.2 Å². The standard InChI is InChI=1S/C12H14ClFO3/c1-12(2,6-10(15)16)8-4-7(13)5-9(14)11(8)17-3/h4-5H,6H2,1-3H3,(H,15,16). The van der Waals surface area contributed by atoms with Gasteiger partial charge in [-0.2, -0.15) is 0 Å². The third-order valence-corrected chi connectivity index (χ3v) is 2.75. The van der Waals surface area contributed by atoms with Crippen LogP contribution in [0.15, 0.2) is 12.1 Å². The highest BCUT2D eigenvalue weighted by Gasteiger charge is 2.29. The molecule has 5 heteroatoms. The van der Waals surface area contributed by atoms with E-state index in [9.17, 15) is 9.18 Å². The van der Waals surface area contributed by atoms with E-state index < -0.39 is 17.2 Å². The Morgan fingerprint density at radius 2 is 2.12 bits per heavy atom. The van der Waals surface area contributed by atoms with Crippen molar-refractivity contribution in [3.63, 3.8) is 0 Å². The normalized spacial score (nSPS) is 11.4. The van der Waals surface area contributed by atoms with Gasteiger partial charge in [-0.25, -0.2) is 4.39 Å². The Hall–Kier alpha value is -1.29. The zero-order valence-corrected chi connectivity index (χ0v) is 10.6. The quantitative estimate of drug-likeness (QED) is 0.904. The van der Waals surface area contributed by atoms with E-state index in [1.807, 2.05) is 0 Å². The molecule has 1 rings (SSSR count). The first-order chi connectivity index (χ1) is 7.77. The molecule has 0 saturated heterocycles. The first-order valence-electron chi connectivity index (χ1n) is 5.03. The lowest BCUT2D eigenvalue weighted by Gasteiger charge is -2.25. The topological polar surface area (TPSA) is 46.5 Å². The van der Waals surface area contributed by atoms with Crippen LogP contribution in [0.2, 0.25) is 5.02 Å². The molecule has 0 heterocycles. The van der Waals surface area contributed by atoms with E-state index in [1.54, 1.807) is 13.8 Å². The molecule has 1 aromatic rings. The van der Waals surface area contributed by atoms with E-state index in [0.29, 0.717) is 5.56 Å².